The van der Waals surface area contributed by atoms with Crippen molar-refractivity contribution < 1.29 is 34.3 Å². The number of hydrogen-bond acceptors (Lipinski definition) is 8. The second-order valence-corrected chi connectivity index (χ2v) is 12.5. The Morgan fingerprint density at radius 3 is 0.875 bits per heavy atom. The normalized spacial score (nSPS) is 13.7. The summed E-state index contributed by atoms with van der Waals surface area (Å²) in [6.45, 7) is 9.17. The van der Waals surface area contributed by atoms with Gasteiger partial charge in [0.25, 0.3) is 0 Å². The fourth-order valence-electron chi connectivity index (χ4n) is 4.11. The molecule has 0 aromatic heterocycles. The van der Waals surface area contributed by atoms with E-state index in [1.54, 1.807) is 0 Å². The summed E-state index contributed by atoms with van der Waals surface area (Å²) in [7, 11) is -8.47. The Hall–Kier alpha value is -0.340. The van der Waals surface area contributed by atoms with Crippen molar-refractivity contribution in [2.24, 2.45) is 0 Å². The van der Waals surface area contributed by atoms with Gasteiger partial charge in [0.15, 0.2) is 0 Å². The molecule has 40 heavy (non-hydrogen) atoms. The summed E-state index contributed by atoms with van der Waals surface area (Å²) in [5, 5.41) is 6.44. The number of piperazine rings is 1. The average molecular weight is 619 g/mol. The molecule has 0 radical (unpaired) electrons. The lowest BCUT2D eigenvalue weighted by Crippen LogP contribution is -2.39. The fourth-order valence-corrected chi connectivity index (χ4v) is 4.77. The predicted molar refractivity (Wildman–Crippen MR) is 164 cm³/mol. The highest BCUT2D eigenvalue weighted by atomic mass is 32.3. The Morgan fingerprint density at radius 1 is 0.450 bits per heavy atom. The number of unbranched alkanes of at least 4 members (excludes halogenated alkanes) is 18. The standard InChI is InChI=1S/2C12H26O4S.C4H10N2/c2*1-2-3-4-5-6-7-8-9-10-11-12-16-17(13,14)15;1-2-6-4-3-5-1/h2*2-12H2,1H3,(H,13,14,15);5-6H,1-4H2. The van der Waals surface area contributed by atoms with Gasteiger partial charge in [-0.05, 0) is 12.8 Å². The zero-order valence-corrected chi connectivity index (χ0v) is 27.2. The maximum atomic E-state index is 10.2. The Morgan fingerprint density at radius 2 is 0.675 bits per heavy atom. The third kappa shape index (κ3) is 44.7. The van der Waals surface area contributed by atoms with Crippen molar-refractivity contribution in [3.8, 4) is 0 Å². The molecule has 4 N–H and O–H groups in total. The summed E-state index contributed by atoms with van der Waals surface area (Å²) in [6.07, 6.45) is 23.7. The van der Waals surface area contributed by atoms with Crippen LogP contribution in [0.15, 0.2) is 0 Å². The molecule has 0 amide bonds. The summed E-state index contributed by atoms with van der Waals surface area (Å²) < 4.78 is 66.0. The molecule has 1 aliphatic rings. The van der Waals surface area contributed by atoms with E-state index in [1.807, 2.05) is 0 Å². The van der Waals surface area contributed by atoms with Gasteiger partial charge in [-0.1, -0.05) is 129 Å². The van der Waals surface area contributed by atoms with Gasteiger partial charge in [-0.2, -0.15) is 16.8 Å². The highest BCUT2D eigenvalue weighted by Gasteiger charge is 2.03. The van der Waals surface area contributed by atoms with E-state index in [0.717, 1.165) is 51.9 Å². The molecule has 1 fully saturated rings. The maximum Gasteiger partial charge on any atom is 0.397 e. The van der Waals surface area contributed by atoms with Crippen molar-refractivity contribution in [1.82, 2.24) is 10.6 Å². The Bertz CT molecular complexity index is 638. The lowest BCUT2D eigenvalue weighted by atomic mass is 10.1. The van der Waals surface area contributed by atoms with Gasteiger partial charge in [0, 0.05) is 26.2 Å². The molecule has 10 nitrogen and oxygen atoms in total. The number of rotatable bonds is 24. The molecular weight excluding hydrogens is 556 g/mol. The summed E-state index contributed by atoms with van der Waals surface area (Å²) in [5.74, 6) is 0. The van der Waals surface area contributed by atoms with Crippen LogP contribution in [0.5, 0.6) is 0 Å². The van der Waals surface area contributed by atoms with E-state index in [-0.39, 0.29) is 13.2 Å². The van der Waals surface area contributed by atoms with Gasteiger partial charge in [0.2, 0.25) is 0 Å². The van der Waals surface area contributed by atoms with Crippen molar-refractivity contribution in [1.29, 1.82) is 0 Å². The van der Waals surface area contributed by atoms with Gasteiger partial charge in [-0.15, -0.1) is 0 Å². The minimum atomic E-state index is -4.23. The molecule has 0 aliphatic carbocycles. The van der Waals surface area contributed by atoms with E-state index in [4.69, 9.17) is 9.11 Å². The molecule has 0 unspecified atom stereocenters. The zero-order valence-electron chi connectivity index (χ0n) is 25.5. The van der Waals surface area contributed by atoms with Crippen LogP contribution < -0.4 is 10.6 Å². The maximum absolute atomic E-state index is 10.2. The molecule has 0 atom stereocenters. The molecule has 12 heteroatoms. The second-order valence-electron chi connectivity index (χ2n) is 10.4. The molecule has 1 saturated heterocycles. The van der Waals surface area contributed by atoms with Gasteiger partial charge in [-0.25, -0.2) is 8.37 Å². The van der Waals surface area contributed by atoms with Crippen LogP contribution >= 0.6 is 0 Å². The quantitative estimate of drug-likeness (QED) is 0.0685. The van der Waals surface area contributed by atoms with E-state index < -0.39 is 20.8 Å². The molecule has 1 heterocycles. The summed E-state index contributed by atoms with van der Waals surface area (Å²) in [6, 6.07) is 0. The van der Waals surface area contributed by atoms with E-state index in [1.165, 1.54) is 89.9 Å². The molecule has 0 aromatic carbocycles. The fraction of sp³-hybridized carbons (Fsp3) is 1.00. The van der Waals surface area contributed by atoms with Gasteiger partial charge in [0.05, 0.1) is 13.2 Å². The van der Waals surface area contributed by atoms with Crippen molar-refractivity contribution >= 4 is 20.8 Å². The third-order valence-electron chi connectivity index (χ3n) is 6.42. The van der Waals surface area contributed by atoms with Crippen LogP contribution in [-0.4, -0.2) is 65.3 Å². The second kappa shape index (κ2) is 31.6. The zero-order chi connectivity index (χ0) is 30.2. The first-order valence-corrected chi connectivity index (χ1v) is 18.5. The number of hydrogen-bond donors (Lipinski definition) is 4. The first kappa shape index (κ1) is 41.8. The molecular formula is C28H62N2O8S2. The van der Waals surface area contributed by atoms with Gasteiger partial charge in [-0.3, -0.25) is 9.11 Å². The van der Waals surface area contributed by atoms with Crippen molar-refractivity contribution in [2.45, 2.75) is 142 Å². The largest absolute Gasteiger partial charge is 0.397 e. The molecule has 1 aliphatic heterocycles. The van der Waals surface area contributed by atoms with E-state index in [9.17, 15) is 16.8 Å². The van der Waals surface area contributed by atoms with Gasteiger partial charge < -0.3 is 10.6 Å². The average Bonchev–Trinajstić information content (AvgIpc) is 2.91. The van der Waals surface area contributed by atoms with Crippen molar-refractivity contribution in [2.75, 3.05) is 39.4 Å². The van der Waals surface area contributed by atoms with Crippen LogP contribution in [0, 0.1) is 0 Å². The predicted octanol–water partition coefficient (Wildman–Crippen LogP) is 6.63. The van der Waals surface area contributed by atoms with E-state index >= 15 is 0 Å². The Balaban J connectivity index is 0. The monoisotopic (exact) mass is 618 g/mol. The molecule has 0 aromatic rings. The topological polar surface area (TPSA) is 151 Å². The third-order valence-corrected chi connectivity index (χ3v) is 7.35. The summed E-state index contributed by atoms with van der Waals surface area (Å²) in [5.41, 5.74) is 0. The highest BCUT2D eigenvalue weighted by molar-refractivity contribution is 7.81. The van der Waals surface area contributed by atoms with Gasteiger partial charge >= 0.3 is 20.8 Å². The first-order chi connectivity index (χ1) is 19.1. The lowest BCUT2D eigenvalue weighted by Gasteiger charge is -2.11. The van der Waals surface area contributed by atoms with E-state index in [0.29, 0.717) is 12.8 Å². The SMILES string of the molecule is C1CNCCN1.CCCCCCCCCCCCOS(=O)(=O)O.CCCCCCCCCCCCOS(=O)(=O)O. The first-order valence-electron chi connectivity index (χ1n) is 15.8. The molecule has 0 saturated carbocycles. The van der Waals surface area contributed by atoms with Gasteiger partial charge in [0.1, 0.15) is 0 Å². The molecule has 1 rings (SSSR count). The Labute approximate surface area is 247 Å². The minimum Gasteiger partial charge on any atom is -0.314 e. The highest BCUT2D eigenvalue weighted by Crippen LogP contribution is 2.11. The van der Waals surface area contributed by atoms with Crippen LogP contribution in [0.4, 0.5) is 0 Å². The van der Waals surface area contributed by atoms with Crippen LogP contribution in [0.3, 0.4) is 0 Å². The minimum absolute atomic E-state index is 0.0926. The van der Waals surface area contributed by atoms with E-state index in [2.05, 4.69) is 32.8 Å². The number of nitrogens with one attached hydrogen (secondary N) is 2. The van der Waals surface area contributed by atoms with Crippen LogP contribution in [0.2, 0.25) is 0 Å². The molecule has 0 spiro atoms. The van der Waals surface area contributed by atoms with Crippen LogP contribution in [0.25, 0.3) is 0 Å². The van der Waals surface area contributed by atoms with Crippen LogP contribution in [0.1, 0.15) is 142 Å². The van der Waals surface area contributed by atoms with Crippen molar-refractivity contribution in [3.05, 3.63) is 0 Å². The molecule has 244 valence electrons. The lowest BCUT2D eigenvalue weighted by molar-refractivity contribution is 0.260. The Kier molecular flexibility index (Phi) is 33.0. The molecule has 0 bridgehead atoms. The van der Waals surface area contributed by atoms with Crippen molar-refractivity contribution in [3.63, 3.8) is 0 Å². The van der Waals surface area contributed by atoms with Crippen LogP contribution in [-0.2, 0) is 29.2 Å². The summed E-state index contributed by atoms with van der Waals surface area (Å²) >= 11 is 0. The summed E-state index contributed by atoms with van der Waals surface area (Å²) in [4.78, 5) is 0. The smallest absolute Gasteiger partial charge is 0.314 e.